The molecule has 0 unspecified atom stereocenters. The van der Waals surface area contributed by atoms with Crippen molar-refractivity contribution < 1.29 is 14.2 Å². The van der Waals surface area contributed by atoms with Gasteiger partial charge < -0.3 is 19.2 Å². The first-order valence-corrected chi connectivity index (χ1v) is 8.35. The van der Waals surface area contributed by atoms with Crippen LogP contribution in [0, 0.1) is 0 Å². The largest absolute Gasteiger partial charge is 0.497 e. The molecule has 4 rings (SSSR count). The van der Waals surface area contributed by atoms with E-state index in [1.165, 1.54) is 0 Å². The number of thioether (sulfide) groups is 1. The van der Waals surface area contributed by atoms with Crippen molar-refractivity contribution in [1.29, 1.82) is 0 Å². The Morgan fingerprint density at radius 2 is 2.13 bits per heavy atom. The van der Waals surface area contributed by atoms with E-state index >= 15 is 0 Å². The lowest BCUT2D eigenvalue weighted by molar-refractivity contribution is 0.107. The molecule has 0 spiro atoms. The zero-order valence-corrected chi connectivity index (χ0v) is 13.4. The summed E-state index contributed by atoms with van der Waals surface area (Å²) in [6, 6.07) is 13.6. The van der Waals surface area contributed by atoms with Crippen LogP contribution >= 0.6 is 11.8 Å². The highest BCUT2D eigenvalue weighted by Gasteiger charge is 2.21. The first kappa shape index (κ1) is 14.3. The molecule has 0 saturated heterocycles. The first-order valence-electron chi connectivity index (χ1n) is 7.37. The molecule has 1 aliphatic rings. The van der Waals surface area contributed by atoms with Crippen LogP contribution in [-0.4, -0.2) is 35.5 Å². The average Bonchev–Trinajstić information content (AvgIpc) is 3.01. The molecule has 1 aliphatic heterocycles. The van der Waals surface area contributed by atoms with E-state index in [1.807, 2.05) is 42.5 Å². The molecular weight excluding hydrogens is 312 g/mol. The van der Waals surface area contributed by atoms with Crippen molar-refractivity contribution in [3.05, 3.63) is 42.5 Å². The fourth-order valence-electron chi connectivity index (χ4n) is 2.48. The molecule has 2 heterocycles. The van der Waals surface area contributed by atoms with Crippen LogP contribution in [0.25, 0.3) is 11.0 Å². The molecule has 0 amide bonds. The number of nitrogens with zero attached hydrogens (tertiary/aromatic N) is 1. The van der Waals surface area contributed by atoms with Crippen LogP contribution in [0.15, 0.2) is 47.6 Å². The Hall–Kier alpha value is -2.34. The summed E-state index contributed by atoms with van der Waals surface area (Å²) in [5, 5.41) is 0.871. The van der Waals surface area contributed by atoms with Gasteiger partial charge in [-0.1, -0.05) is 23.9 Å². The smallest absolute Gasteiger partial charge is 0.166 e. The van der Waals surface area contributed by atoms with E-state index in [0.29, 0.717) is 6.61 Å². The molecule has 118 valence electrons. The quantitative estimate of drug-likeness (QED) is 0.743. The van der Waals surface area contributed by atoms with Gasteiger partial charge in [-0.05, 0) is 24.3 Å². The molecule has 1 N–H and O–H groups in total. The third-order valence-corrected chi connectivity index (χ3v) is 4.65. The first-order chi connectivity index (χ1) is 11.3. The molecule has 0 bridgehead atoms. The van der Waals surface area contributed by atoms with E-state index in [2.05, 4.69) is 9.97 Å². The van der Waals surface area contributed by atoms with E-state index in [0.717, 1.165) is 39.2 Å². The predicted molar refractivity (Wildman–Crippen MR) is 89.7 cm³/mol. The van der Waals surface area contributed by atoms with Gasteiger partial charge in [0.1, 0.15) is 18.5 Å². The summed E-state index contributed by atoms with van der Waals surface area (Å²) in [6.07, 6.45) is 0.0117. The summed E-state index contributed by atoms with van der Waals surface area (Å²) in [5.74, 6) is 3.20. The Bertz CT molecular complexity index is 834. The predicted octanol–water partition coefficient (Wildman–Crippen LogP) is 3.50. The Morgan fingerprint density at radius 3 is 3.00 bits per heavy atom. The van der Waals surface area contributed by atoms with E-state index < -0.39 is 0 Å². The van der Waals surface area contributed by atoms with Crippen molar-refractivity contribution in [2.75, 3.05) is 19.5 Å². The lowest BCUT2D eigenvalue weighted by Gasteiger charge is -2.25. The number of ether oxygens (including phenoxy) is 3. The summed E-state index contributed by atoms with van der Waals surface area (Å²) in [5.41, 5.74) is 1.90. The van der Waals surface area contributed by atoms with Crippen LogP contribution in [0.2, 0.25) is 0 Å². The highest BCUT2D eigenvalue weighted by Crippen LogP contribution is 2.32. The molecule has 0 fully saturated rings. The molecule has 3 aromatic rings. The van der Waals surface area contributed by atoms with Crippen molar-refractivity contribution in [3.63, 3.8) is 0 Å². The van der Waals surface area contributed by atoms with Crippen molar-refractivity contribution >= 4 is 22.8 Å². The number of fused-ring (bicyclic) bond motifs is 2. The molecule has 23 heavy (non-hydrogen) atoms. The van der Waals surface area contributed by atoms with E-state index in [4.69, 9.17) is 14.2 Å². The second-order valence-electron chi connectivity index (χ2n) is 5.23. The molecule has 0 saturated carbocycles. The zero-order chi connectivity index (χ0) is 15.6. The fraction of sp³-hybridized carbons (Fsp3) is 0.235. The van der Waals surface area contributed by atoms with Gasteiger partial charge in [-0.3, -0.25) is 0 Å². The number of imidazole rings is 1. The minimum absolute atomic E-state index is 0.0117. The zero-order valence-electron chi connectivity index (χ0n) is 12.6. The number of para-hydroxylation sites is 2. The van der Waals surface area contributed by atoms with Crippen molar-refractivity contribution in [2.45, 2.75) is 11.3 Å². The average molecular weight is 328 g/mol. The molecule has 1 aromatic heterocycles. The maximum atomic E-state index is 5.96. The van der Waals surface area contributed by atoms with Gasteiger partial charge in [-0.15, -0.1) is 0 Å². The number of rotatable bonds is 4. The lowest BCUT2D eigenvalue weighted by atomic mass is 10.3. The monoisotopic (exact) mass is 328 g/mol. The second-order valence-corrected chi connectivity index (χ2v) is 6.24. The van der Waals surface area contributed by atoms with Crippen LogP contribution in [0.5, 0.6) is 17.2 Å². The van der Waals surface area contributed by atoms with Gasteiger partial charge in [0.25, 0.3) is 0 Å². The molecule has 2 aromatic carbocycles. The van der Waals surface area contributed by atoms with Crippen LogP contribution < -0.4 is 14.2 Å². The normalized spacial score (nSPS) is 16.5. The summed E-state index contributed by atoms with van der Waals surface area (Å²) in [7, 11) is 1.66. The van der Waals surface area contributed by atoms with Crippen molar-refractivity contribution in [1.82, 2.24) is 9.97 Å². The minimum Gasteiger partial charge on any atom is -0.497 e. The van der Waals surface area contributed by atoms with Gasteiger partial charge in [-0.25, -0.2) is 4.98 Å². The van der Waals surface area contributed by atoms with Crippen molar-refractivity contribution in [2.24, 2.45) is 0 Å². The minimum atomic E-state index is 0.0117. The SMILES string of the molecule is COc1ccc2nc(SC[C@@H]3COc4ccccc4O3)[nH]c2c1. The molecule has 6 heteroatoms. The van der Waals surface area contributed by atoms with Gasteiger partial charge in [-0.2, -0.15) is 0 Å². The second kappa shape index (κ2) is 6.04. The Labute approximate surface area is 138 Å². The van der Waals surface area contributed by atoms with Gasteiger partial charge in [0.15, 0.2) is 16.7 Å². The summed E-state index contributed by atoms with van der Waals surface area (Å²) >= 11 is 1.63. The third kappa shape index (κ3) is 2.94. The Morgan fingerprint density at radius 1 is 1.26 bits per heavy atom. The van der Waals surface area contributed by atoms with Gasteiger partial charge in [0, 0.05) is 11.8 Å². The van der Waals surface area contributed by atoms with E-state index in [9.17, 15) is 0 Å². The molecular formula is C17H16N2O3S. The van der Waals surface area contributed by atoms with Gasteiger partial charge in [0.05, 0.1) is 18.1 Å². The number of hydrogen-bond acceptors (Lipinski definition) is 5. The van der Waals surface area contributed by atoms with Gasteiger partial charge >= 0.3 is 0 Å². The molecule has 0 radical (unpaired) electrons. The number of H-pyrrole nitrogens is 1. The number of aromatic nitrogens is 2. The van der Waals surface area contributed by atoms with Crippen LogP contribution in [0.1, 0.15) is 0 Å². The topological polar surface area (TPSA) is 56.4 Å². The number of nitrogens with one attached hydrogen (secondary N) is 1. The maximum Gasteiger partial charge on any atom is 0.166 e. The molecule has 5 nitrogen and oxygen atoms in total. The Kier molecular flexibility index (Phi) is 3.75. The third-order valence-electron chi connectivity index (χ3n) is 3.64. The fourth-order valence-corrected chi connectivity index (χ4v) is 3.33. The standard InChI is InChI=1S/C17H16N2O3S/c1-20-11-6-7-13-14(8-11)19-17(18-13)23-10-12-9-21-15-4-2-3-5-16(15)22-12/h2-8,12H,9-10H2,1H3,(H,18,19)/t12-/m0/s1. The van der Waals surface area contributed by atoms with E-state index in [-0.39, 0.29) is 6.10 Å². The maximum absolute atomic E-state index is 5.96. The van der Waals surface area contributed by atoms with Crippen LogP contribution in [-0.2, 0) is 0 Å². The van der Waals surface area contributed by atoms with Crippen molar-refractivity contribution in [3.8, 4) is 17.2 Å². The summed E-state index contributed by atoms with van der Waals surface area (Å²) in [6.45, 7) is 0.554. The van der Waals surface area contributed by atoms with Crippen LogP contribution in [0.3, 0.4) is 0 Å². The number of hydrogen-bond donors (Lipinski definition) is 1. The Balaban J connectivity index is 1.43. The molecule has 0 aliphatic carbocycles. The van der Waals surface area contributed by atoms with Gasteiger partial charge in [0.2, 0.25) is 0 Å². The van der Waals surface area contributed by atoms with Crippen LogP contribution in [0.4, 0.5) is 0 Å². The summed E-state index contributed by atoms with van der Waals surface area (Å²) < 4.78 is 16.9. The highest BCUT2D eigenvalue weighted by molar-refractivity contribution is 7.99. The highest BCUT2D eigenvalue weighted by atomic mass is 32.2. The molecule has 1 atom stereocenters. The summed E-state index contributed by atoms with van der Waals surface area (Å²) in [4.78, 5) is 7.88. The van der Waals surface area contributed by atoms with E-state index in [1.54, 1.807) is 18.9 Å². The number of benzene rings is 2. The number of methoxy groups -OCH3 is 1. The number of aromatic amines is 1. The lowest BCUT2D eigenvalue weighted by Crippen LogP contribution is -2.31.